The highest BCUT2D eigenvalue weighted by Crippen LogP contribution is 2.17. The van der Waals surface area contributed by atoms with E-state index >= 15 is 0 Å². The van der Waals surface area contributed by atoms with E-state index in [0.29, 0.717) is 19.7 Å². The normalized spacial score (nSPS) is 14.9. The average Bonchev–Trinajstić information content (AvgIpc) is 2.57. The Morgan fingerprint density at radius 2 is 1.86 bits per heavy atom. The molecule has 0 saturated carbocycles. The van der Waals surface area contributed by atoms with Crippen molar-refractivity contribution in [3.05, 3.63) is 65.7 Å². The third kappa shape index (κ3) is 3.86. The molecular formula is C18H20N2O2. The Labute approximate surface area is 130 Å². The number of carbonyl (C=O) groups excluding carboxylic acids is 1. The molecule has 1 fully saturated rings. The molecule has 1 N–H and O–H groups in total. The first kappa shape index (κ1) is 14.6. The van der Waals surface area contributed by atoms with Crippen LogP contribution in [0.5, 0.6) is 5.75 Å². The lowest BCUT2D eigenvalue weighted by Gasteiger charge is -2.27. The third-order valence-corrected chi connectivity index (χ3v) is 3.71. The molecule has 4 nitrogen and oxygen atoms in total. The number of hydrogen-bond donors (Lipinski definition) is 1. The minimum Gasteiger partial charge on any atom is -0.489 e. The van der Waals surface area contributed by atoms with E-state index in [1.54, 1.807) is 0 Å². The molecule has 3 rings (SSSR count). The third-order valence-electron chi connectivity index (χ3n) is 3.71. The molecule has 1 aliphatic heterocycles. The number of carbonyl (C=O) groups is 1. The van der Waals surface area contributed by atoms with Crippen molar-refractivity contribution in [2.24, 2.45) is 0 Å². The van der Waals surface area contributed by atoms with Crippen LogP contribution in [0.15, 0.2) is 54.6 Å². The fourth-order valence-corrected chi connectivity index (χ4v) is 2.51. The van der Waals surface area contributed by atoms with E-state index in [9.17, 15) is 4.79 Å². The lowest BCUT2D eigenvalue weighted by molar-refractivity contribution is -0.132. The van der Waals surface area contributed by atoms with Gasteiger partial charge < -0.3 is 15.0 Å². The zero-order chi connectivity index (χ0) is 15.2. The van der Waals surface area contributed by atoms with Gasteiger partial charge >= 0.3 is 0 Å². The van der Waals surface area contributed by atoms with Gasteiger partial charge in [-0.1, -0.05) is 42.5 Å². The number of rotatable bonds is 5. The van der Waals surface area contributed by atoms with Gasteiger partial charge in [0.1, 0.15) is 12.4 Å². The molecular weight excluding hydrogens is 276 g/mol. The molecule has 0 spiro atoms. The molecule has 0 aromatic heterocycles. The number of benzene rings is 2. The van der Waals surface area contributed by atoms with Gasteiger partial charge in [0.15, 0.2) is 0 Å². The highest BCUT2D eigenvalue weighted by Gasteiger charge is 2.17. The second kappa shape index (κ2) is 7.09. The Balaban J connectivity index is 1.61. The molecule has 0 unspecified atom stereocenters. The summed E-state index contributed by atoms with van der Waals surface area (Å²) in [5.74, 6) is 0.991. The van der Waals surface area contributed by atoms with Crippen LogP contribution < -0.4 is 10.1 Å². The molecule has 1 heterocycles. The molecule has 114 valence electrons. The molecule has 1 aliphatic rings. The number of ether oxygens (including phenoxy) is 1. The number of hydrogen-bond acceptors (Lipinski definition) is 3. The average molecular weight is 296 g/mol. The summed E-state index contributed by atoms with van der Waals surface area (Å²) >= 11 is 0. The molecule has 22 heavy (non-hydrogen) atoms. The minimum atomic E-state index is 0.154. The predicted octanol–water partition coefficient (Wildman–Crippen LogP) is 2.20. The predicted molar refractivity (Wildman–Crippen MR) is 85.5 cm³/mol. The molecule has 0 atom stereocenters. The van der Waals surface area contributed by atoms with E-state index in [0.717, 1.165) is 30.0 Å². The summed E-state index contributed by atoms with van der Waals surface area (Å²) in [4.78, 5) is 13.7. The zero-order valence-electron chi connectivity index (χ0n) is 12.5. The zero-order valence-corrected chi connectivity index (χ0v) is 12.5. The Hall–Kier alpha value is -2.33. The van der Waals surface area contributed by atoms with Crippen LogP contribution in [0.4, 0.5) is 0 Å². The summed E-state index contributed by atoms with van der Waals surface area (Å²) < 4.78 is 5.83. The Morgan fingerprint density at radius 3 is 2.68 bits per heavy atom. The maximum absolute atomic E-state index is 11.8. The summed E-state index contributed by atoms with van der Waals surface area (Å²) in [6.45, 7) is 3.24. The van der Waals surface area contributed by atoms with E-state index < -0.39 is 0 Å². The van der Waals surface area contributed by atoms with Gasteiger partial charge in [0.05, 0.1) is 6.54 Å². The maximum Gasteiger partial charge on any atom is 0.236 e. The van der Waals surface area contributed by atoms with Crippen LogP contribution in [0.2, 0.25) is 0 Å². The molecule has 2 aromatic rings. The van der Waals surface area contributed by atoms with Crippen molar-refractivity contribution in [2.45, 2.75) is 13.2 Å². The van der Waals surface area contributed by atoms with E-state index in [2.05, 4.69) is 5.32 Å². The van der Waals surface area contributed by atoms with Crippen molar-refractivity contribution >= 4 is 5.91 Å². The van der Waals surface area contributed by atoms with Gasteiger partial charge in [-0.05, 0) is 23.3 Å². The molecule has 0 aliphatic carbocycles. The van der Waals surface area contributed by atoms with Crippen molar-refractivity contribution in [3.8, 4) is 5.75 Å². The second-order valence-electron chi connectivity index (χ2n) is 5.41. The maximum atomic E-state index is 11.8. The Kier molecular flexibility index (Phi) is 4.71. The summed E-state index contributed by atoms with van der Waals surface area (Å²) in [6.07, 6.45) is 0. The molecule has 1 amide bonds. The number of nitrogens with zero attached hydrogens (tertiary/aromatic N) is 1. The van der Waals surface area contributed by atoms with E-state index in [-0.39, 0.29) is 5.91 Å². The highest BCUT2D eigenvalue weighted by molar-refractivity contribution is 5.79. The van der Waals surface area contributed by atoms with Crippen LogP contribution in [0.3, 0.4) is 0 Å². The summed E-state index contributed by atoms with van der Waals surface area (Å²) in [5.41, 5.74) is 2.24. The van der Waals surface area contributed by atoms with Gasteiger partial charge in [-0.2, -0.15) is 0 Å². The van der Waals surface area contributed by atoms with E-state index in [1.807, 2.05) is 59.5 Å². The van der Waals surface area contributed by atoms with Gasteiger partial charge in [0, 0.05) is 19.6 Å². The minimum absolute atomic E-state index is 0.154. The van der Waals surface area contributed by atoms with Crippen LogP contribution in [-0.4, -0.2) is 30.4 Å². The van der Waals surface area contributed by atoms with Crippen LogP contribution in [0.25, 0.3) is 0 Å². The molecule has 0 radical (unpaired) electrons. The highest BCUT2D eigenvalue weighted by atomic mass is 16.5. The lowest BCUT2D eigenvalue weighted by Crippen LogP contribution is -2.47. The quantitative estimate of drug-likeness (QED) is 0.919. The molecule has 1 saturated heterocycles. The first-order chi connectivity index (χ1) is 10.8. The lowest BCUT2D eigenvalue weighted by atomic mass is 10.2. The van der Waals surface area contributed by atoms with Crippen molar-refractivity contribution in [1.82, 2.24) is 10.2 Å². The molecule has 0 bridgehead atoms. The van der Waals surface area contributed by atoms with Gasteiger partial charge in [0.2, 0.25) is 5.91 Å². The smallest absolute Gasteiger partial charge is 0.236 e. The summed E-state index contributed by atoms with van der Waals surface area (Å²) in [6, 6.07) is 18.1. The molecule has 2 aromatic carbocycles. The first-order valence-corrected chi connectivity index (χ1v) is 7.55. The topological polar surface area (TPSA) is 41.6 Å². The SMILES string of the molecule is O=C1CNCCN1Cc1cccc(OCc2ccccc2)c1. The molecule has 4 heteroatoms. The standard InChI is InChI=1S/C18H20N2O2/c21-18-12-19-9-10-20(18)13-16-7-4-8-17(11-16)22-14-15-5-2-1-3-6-15/h1-8,11,19H,9-10,12-14H2. The largest absolute Gasteiger partial charge is 0.489 e. The first-order valence-electron chi connectivity index (χ1n) is 7.55. The van der Waals surface area contributed by atoms with Crippen molar-refractivity contribution in [2.75, 3.05) is 19.6 Å². The van der Waals surface area contributed by atoms with Gasteiger partial charge in [-0.25, -0.2) is 0 Å². The van der Waals surface area contributed by atoms with Crippen LogP contribution >= 0.6 is 0 Å². The number of amides is 1. The van der Waals surface area contributed by atoms with Crippen LogP contribution in [0, 0.1) is 0 Å². The van der Waals surface area contributed by atoms with Gasteiger partial charge in [0.25, 0.3) is 0 Å². The fourth-order valence-electron chi connectivity index (χ4n) is 2.51. The van der Waals surface area contributed by atoms with Gasteiger partial charge in [-0.15, -0.1) is 0 Å². The van der Waals surface area contributed by atoms with Crippen molar-refractivity contribution in [1.29, 1.82) is 0 Å². The van der Waals surface area contributed by atoms with Crippen molar-refractivity contribution in [3.63, 3.8) is 0 Å². The van der Waals surface area contributed by atoms with Gasteiger partial charge in [-0.3, -0.25) is 4.79 Å². The summed E-state index contributed by atoms with van der Waals surface area (Å²) in [5, 5.41) is 3.08. The van der Waals surface area contributed by atoms with Crippen LogP contribution in [0.1, 0.15) is 11.1 Å². The number of nitrogens with one attached hydrogen (secondary N) is 1. The Morgan fingerprint density at radius 1 is 1.05 bits per heavy atom. The fraction of sp³-hybridized carbons (Fsp3) is 0.278. The summed E-state index contributed by atoms with van der Waals surface area (Å²) in [7, 11) is 0. The second-order valence-corrected chi connectivity index (χ2v) is 5.41. The monoisotopic (exact) mass is 296 g/mol. The van der Waals surface area contributed by atoms with E-state index in [1.165, 1.54) is 0 Å². The van der Waals surface area contributed by atoms with Crippen LogP contribution in [-0.2, 0) is 17.9 Å². The number of piperazine rings is 1. The van der Waals surface area contributed by atoms with E-state index in [4.69, 9.17) is 4.74 Å². The van der Waals surface area contributed by atoms with Crippen molar-refractivity contribution < 1.29 is 9.53 Å². The Bertz CT molecular complexity index is 628.